The van der Waals surface area contributed by atoms with E-state index < -0.39 is 0 Å². The number of furan rings is 1. The Kier molecular flexibility index (Phi) is 6.24. The van der Waals surface area contributed by atoms with Crippen LogP contribution in [-0.4, -0.2) is 16.6 Å². The fourth-order valence-electron chi connectivity index (χ4n) is 4.78. The number of hydrogen-bond acceptors (Lipinski definition) is 5. The van der Waals surface area contributed by atoms with E-state index in [-0.39, 0.29) is 11.1 Å². The predicted molar refractivity (Wildman–Crippen MR) is 143 cm³/mol. The molecule has 2 saturated carbocycles. The van der Waals surface area contributed by atoms with Gasteiger partial charge in [-0.05, 0) is 55.6 Å². The molecule has 3 aromatic rings. The molecule has 0 spiro atoms. The van der Waals surface area contributed by atoms with Crippen molar-refractivity contribution in [2.24, 2.45) is 11.7 Å². The summed E-state index contributed by atoms with van der Waals surface area (Å²) in [5.74, 6) is 1.66. The van der Waals surface area contributed by atoms with Crippen LogP contribution in [0.15, 0.2) is 64.4 Å². The highest BCUT2D eigenvalue weighted by molar-refractivity contribution is 5.98. The average Bonchev–Trinajstić information content (AvgIpc) is 3.59. The van der Waals surface area contributed by atoms with E-state index in [4.69, 9.17) is 15.1 Å². The zero-order chi connectivity index (χ0) is 24.6. The Morgan fingerprint density at radius 3 is 2.63 bits per heavy atom. The van der Waals surface area contributed by atoms with Gasteiger partial charge in [-0.2, -0.15) is 4.98 Å². The zero-order valence-corrected chi connectivity index (χ0v) is 20.6. The number of aromatic nitrogens is 2. The summed E-state index contributed by atoms with van der Waals surface area (Å²) in [5.41, 5.74) is 9.96. The number of fused-ring (bicyclic) bond motifs is 1. The molecule has 182 valence electrons. The topological polar surface area (TPSA) is 86.1 Å². The van der Waals surface area contributed by atoms with Gasteiger partial charge in [0.2, 0.25) is 11.7 Å². The van der Waals surface area contributed by atoms with Gasteiger partial charge in [-0.15, -0.1) is 0 Å². The van der Waals surface area contributed by atoms with Crippen molar-refractivity contribution in [1.29, 1.82) is 0 Å². The Balaban J connectivity index is 1.66. The van der Waals surface area contributed by atoms with Crippen molar-refractivity contribution in [3.8, 4) is 11.3 Å². The Morgan fingerprint density at radius 2 is 2.03 bits per heavy atom. The van der Waals surface area contributed by atoms with Gasteiger partial charge >= 0.3 is 0 Å². The Morgan fingerprint density at radius 1 is 1.29 bits per heavy atom. The minimum absolute atomic E-state index is 0.0955. The molecule has 2 aliphatic rings. The van der Waals surface area contributed by atoms with E-state index in [2.05, 4.69) is 37.0 Å². The molecule has 2 heterocycles. The second-order valence-electron chi connectivity index (χ2n) is 9.84. The number of nitrogens with zero attached hydrogens (tertiary/aromatic N) is 2. The van der Waals surface area contributed by atoms with E-state index in [1.54, 1.807) is 11.6 Å². The van der Waals surface area contributed by atoms with Crippen molar-refractivity contribution >= 4 is 22.6 Å². The van der Waals surface area contributed by atoms with Gasteiger partial charge in [-0.1, -0.05) is 62.1 Å². The van der Waals surface area contributed by atoms with E-state index in [0.29, 0.717) is 46.4 Å². The van der Waals surface area contributed by atoms with Crippen LogP contribution in [0.4, 0.5) is 5.95 Å². The second-order valence-corrected chi connectivity index (χ2v) is 9.84. The lowest BCUT2D eigenvalue weighted by Gasteiger charge is -2.38. The third-order valence-corrected chi connectivity index (χ3v) is 7.24. The molecular weight excluding hydrogens is 436 g/mol. The van der Waals surface area contributed by atoms with Crippen LogP contribution in [-0.2, 0) is 12.1 Å². The molecule has 0 radical (unpaired) electrons. The Bertz CT molecular complexity index is 1370. The smallest absolute Gasteiger partial charge is 0.266 e. The Hall–Kier alpha value is -3.38. The molecule has 2 aromatic heterocycles. The zero-order valence-electron chi connectivity index (χ0n) is 20.6. The maximum absolute atomic E-state index is 13.8. The SMILES string of the molecule is C=C(C=CC=CCC)c1c(-c2ccc(C3(N)CCC3)cc2)oc2nc(NC)n(CC3CC3)c(=O)c12. The molecule has 0 atom stereocenters. The lowest BCUT2D eigenvalue weighted by molar-refractivity contribution is 0.253. The number of nitrogens with two attached hydrogens (primary N) is 1. The number of nitrogens with one attached hydrogen (secondary N) is 1. The molecule has 2 fully saturated rings. The maximum atomic E-state index is 13.8. The van der Waals surface area contributed by atoms with Crippen molar-refractivity contribution in [1.82, 2.24) is 9.55 Å². The predicted octanol–water partition coefficient (Wildman–Crippen LogP) is 5.98. The Labute approximate surface area is 206 Å². The van der Waals surface area contributed by atoms with E-state index in [0.717, 1.165) is 49.7 Å². The van der Waals surface area contributed by atoms with Crippen molar-refractivity contribution in [3.63, 3.8) is 0 Å². The van der Waals surface area contributed by atoms with Crippen LogP contribution < -0.4 is 16.6 Å². The minimum atomic E-state index is -0.229. The first kappa shape index (κ1) is 23.4. The molecule has 0 aliphatic heterocycles. The fraction of sp³-hybridized carbons (Fsp3) is 0.379. The molecule has 5 rings (SSSR count). The maximum Gasteiger partial charge on any atom is 0.266 e. The normalized spacial score (nSPS) is 17.3. The van der Waals surface area contributed by atoms with Crippen molar-refractivity contribution in [2.75, 3.05) is 12.4 Å². The fourth-order valence-corrected chi connectivity index (χ4v) is 4.78. The van der Waals surface area contributed by atoms with Crippen molar-refractivity contribution < 1.29 is 4.42 Å². The highest BCUT2D eigenvalue weighted by Crippen LogP contribution is 2.41. The molecular formula is C29H34N4O2. The highest BCUT2D eigenvalue weighted by atomic mass is 16.3. The molecule has 6 nitrogen and oxygen atoms in total. The summed E-state index contributed by atoms with van der Waals surface area (Å²) in [4.78, 5) is 18.5. The van der Waals surface area contributed by atoms with Gasteiger partial charge in [0, 0.05) is 30.3 Å². The van der Waals surface area contributed by atoms with Gasteiger partial charge in [-0.25, -0.2) is 0 Å². The highest BCUT2D eigenvalue weighted by Gasteiger charge is 2.34. The third kappa shape index (κ3) is 4.39. The first-order chi connectivity index (χ1) is 16.9. The van der Waals surface area contributed by atoms with Crippen molar-refractivity contribution in [2.45, 2.75) is 57.5 Å². The van der Waals surface area contributed by atoms with Crippen LogP contribution in [0.25, 0.3) is 28.0 Å². The molecule has 0 amide bonds. The molecule has 2 aliphatic carbocycles. The van der Waals surface area contributed by atoms with Gasteiger partial charge in [0.05, 0.1) is 0 Å². The van der Waals surface area contributed by atoms with Gasteiger partial charge in [0.1, 0.15) is 11.1 Å². The van der Waals surface area contributed by atoms with Crippen LogP contribution in [0.5, 0.6) is 0 Å². The summed E-state index contributed by atoms with van der Waals surface area (Å²) >= 11 is 0. The minimum Gasteiger partial charge on any atom is -0.437 e. The third-order valence-electron chi connectivity index (χ3n) is 7.24. The largest absolute Gasteiger partial charge is 0.437 e. The van der Waals surface area contributed by atoms with Crippen LogP contribution in [0.2, 0.25) is 0 Å². The number of anilines is 1. The van der Waals surface area contributed by atoms with Gasteiger partial charge in [-0.3, -0.25) is 9.36 Å². The summed E-state index contributed by atoms with van der Waals surface area (Å²) in [7, 11) is 1.78. The molecule has 0 unspecified atom stereocenters. The van der Waals surface area contributed by atoms with Crippen LogP contribution in [0.1, 0.15) is 56.6 Å². The molecule has 0 saturated heterocycles. The quantitative estimate of drug-likeness (QED) is 0.376. The molecule has 35 heavy (non-hydrogen) atoms. The van der Waals surface area contributed by atoms with Crippen LogP contribution in [0, 0.1) is 5.92 Å². The first-order valence-electron chi connectivity index (χ1n) is 12.6. The molecule has 3 N–H and O–H groups in total. The van der Waals surface area contributed by atoms with Gasteiger partial charge in [0.15, 0.2) is 0 Å². The lowest BCUT2D eigenvalue weighted by atomic mass is 9.72. The number of hydrogen-bond donors (Lipinski definition) is 2. The monoisotopic (exact) mass is 470 g/mol. The lowest BCUT2D eigenvalue weighted by Crippen LogP contribution is -2.43. The molecule has 0 bridgehead atoms. The first-order valence-corrected chi connectivity index (χ1v) is 12.6. The summed E-state index contributed by atoms with van der Waals surface area (Å²) in [6, 6.07) is 8.20. The number of benzene rings is 1. The number of allylic oxidation sites excluding steroid dienone is 5. The van der Waals surface area contributed by atoms with Gasteiger partial charge in [0.25, 0.3) is 5.56 Å². The van der Waals surface area contributed by atoms with Crippen molar-refractivity contribution in [3.05, 3.63) is 76.6 Å². The van der Waals surface area contributed by atoms with Crippen LogP contribution in [0.3, 0.4) is 0 Å². The van der Waals surface area contributed by atoms with E-state index >= 15 is 0 Å². The van der Waals surface area contributed by atoms with Gasteiger partial charge < -0.3 is 15.5 Å². The molecule has 6 heteroatoms. The summed E-state index contributed by atoms with van der Waals surface area (Å²) in [5, 5.41) is 3.56. The molecule has 1 aromatic carbocycles. The van der Waals surface area contributed by atoms with E-state index in [1.165, 1.54) is 0 Å². The van der Waals surface area contributed by atoms with E-state index in [1.807, 2.05) is 30.4 Å². The standard InChI is InChI=1S/C29H34N4O2/c1-4-5-6-7-9-19(2)23-24-26(32-28(31-3)33(27(24)34)18-20-10-11-20)35-25(23)21-12-14-22(15-13-21)29(30)16-8-17-29/h5-7,9,12-15,20H,2,4,8,10-11,16-18,30H2,1,3H3,(H,31,32). The number of rotatable bonds is 9. The summed E-state index contributed by atoms with van der Waals surface area (Å²) < 4.78 is 8.03. The summed E-state index contributed by atoms with van der Waals surface area (Å²) in [6.07, 6.45) is 14.4. The summed E-state index contributed by atoms with van der Waals surface area (Å²) in [6.45, 7) is 7.05. The van der Waals surface area contributed by atoms with E-state index in [9.17, 15) is 4.79 Å². The average molecular weight is 471 g/mol. The second kappa shape index (κ2) is 9.34. The van der Waals surface area contributed by atoms with Crippen LogP contribution >= 0.6 is 0 Å².